The molecule has 0 saturated carbocycles. The smallest absolute Gasteiger partial charge is 0.227 e. The Morgan fingerprint density at radius 1 is 0.906 bits per heavy atom. The van der Waals surface area contributed by atoms with Gasteiger partial charge in [0.1, 0.15) is 5.82 Å². The third-order valence-corrected chi connectivity index (χ3v) is 6.14. The van der Waals surface area contributed by atoms with Crippen molar-refractivity contribution in [2.24, 2.45) is 5.92 Å². The van der Waals surface area contributed by atoms with Crippen LogP contribution in [0.1, 0.15) is 30.8 Å². The summed E-state index contributed by atoms with van der Waals surface area (Å²) in [6, 6.07) is 12.6. The summed E-state index contributed by atoms with van der Waals surface area (Å²) in [6.07, 6.45) is 9.04. The van der Waals surface area contributed by atoms with E-state index in [1.807, 2.05) is 41.8 Å². The lowest BCUT2D eigenvalue weighted by atomic mass is 9.95. The number of carbonyl (C=O) groups is 1. The molecule has 1 saturated heterocycles. The number of nitrogens with zero attached hydrogens (tertiary/aromatic N) is 5. The van der Waals surface area contributed by atoms with Gasteiger partial charge in [-0.1, -0.05) is 31.2 Å². The highest BCUT2D eigenvalue weighted by atomic mass is 16.2. The molecule has 3 aromatic rings. The van der Waals surface area contributed by atoms with Crippen LogP contribution in [0.2, 0.25) is 0 Å². The normalized spacial score (nSPS) is 17.4. The summed E-state index contributed by atoms with van der Waals surface area (Å²) in [7, 11) is 0. The first-order valence-corrected chi connectivity index (χ1v) is 11.5. The minimum atomic E-state index is -0.0555. The van der Waals surface area contributed by atoms with Crippen molar-refractivity contribution in [2.45, 2.75) is 33.2 Å². The Hall–Kier alpha value is -3.12. The Balaban J connectivity index is 1.47. The van der Waals surface area contributed by atoms with Crippen LogP contribution >= 0.6 is 0 Å². The van der Waals surface area contributed by atoms with E-state index in [1.165, 1.54) is 5.56 Å². The van der Waals surface area contributed by atoms with Crippen LogP contribution in [0.3, 0.4) is 0 Å². The highest BCUT2D eigenvalue weighted by molar-refractivity contribution is 5.79. The maximum absolute atomic E-state index is 13.2. The van der Waals surface area contributed by atoms with Gasteiger partial charge in [0.05, 0.1) is 5.92 Å². The van der Waals surface area contributed by atoms with Crippen LogP contribution in [0.25, 0.3) is 11.1 Å². The van der Waals surface area contributed by atoms with Gasteiger partial charge in [0.25, 0.3) is 0 Å². The first-order chi connectivity index (χ1) is 15.7. The van der Waals surface area contributed by atoms with Gasteiger partial charge in [-0.05, 0) is 42.2 Å². The summed E-state index contributed by atoms with van der Waals surface area (Å²) in [5.41, 5.74) is 4.60. The van der Waals surface area contributed by atoms with Crippen molar-refractivity contribution in [3.63, 3.8) is 0 Å². The zero-order valence-electron chi connectivity index (χ0n) is 18.9. The van der Waals surface area contributed by atoms with Crippen molar-refractivity contribution in [2.75, 3.05) is 26.2 Å². The van der Waals surface area contributed by atoms with Crippen LogP contribution in [0.4, 0.5) is 0 Å². The van der Waals surface area contributed by atoms with Gasteiger partial charge in [-0.3, -0.25) is 14.7 Å². The highest BCUT2D eigenvalue weighted by Gasteiger charge is 2.29. The number of hydrogen-bond acceptors (Lipinski definition) is 5. The number of hydrogen-bond donors (Lipinski definition) is 0. The molecular weight excluding hydrogens is 398 g/mol. The first-order valence-electron chi connectivity index (χ1n) is 11.5. The lowest BCUT2D eigenvalue weighted by Gasteiger charge is -2.23. The maximum Gasteiger partial charge on any atom is 0.227 e. The van der Waals surface area contributed by atoms with Crippen molar-refractivity contribution in [3.05, 3.63) is 78.1 Å². The molecule has 0 N–H and O–H groups in total. The van der Waals surface area contributed by atoms with Gasteiger partial charge < -0.3 is 4.90 Å². The summed E-state index contributed by atoms with van der Waals surface area (Å²) in [5.74, 6) is 1.07. The van der Waals surface area contributed by atoms with Crippen molar-refractivity contribution in [1.29, 1.82) is 0 Å². The number of aromatic nitrogens is 3. The number of carbonyl (C=O) groups excluding carboxylic acids is 1. The van der Waals surface area contributed by atoms with E-state index in [2.05, 4.69) is 58.0 Å². The van der Waals surface area contributed by atoms with Gasteiger partial charge in [0.15, 0.2) is 0 Å². The molecule has 0 aliphatic carbocycles. The lowest BCUT2D eigenvalue weighted by molar-refractivity contribution is -0.134. The van der Waals surface area contributed by atoms with E-state index in [9.17, 15) is 4.79 Å². The monoisotopic (exact) mass is 429 g/mol. The van der Waals surface area contributed by atoms with Gasteiger partial charge >= 0.3 is 0 Å². The molecule has 0 bridgehead atoms. The number of rotatable bonds is 7. The highest BCUT2D eigenvalue weighted by Crippen LogP contribution is 2.22. The molecular formula is C26H31N5O. The Morgan fingerprint density at radius 3 is 2.25 bits per heavy atom. The molecule has 0 radical (unpaired) electrons. The molecule has 1 amide bonds. The number of benzene rings is 1. The Kier molecular flexibility index (Phi) is 7.22. The molecule has 1 fully saturated rings. The molecule has 6 heteroatoms. The number of likely N-dealkylation sites (N-methyl/N-ethyl adjacent to an activating group) is 1. The summed E-state index contributed by atoms with van der Waals surface area (Å²) in [5, 5.41) is 0. The van der Waals surface area contributed by atoms with Gasteiger partial charge in [-0.25, -0.2) is 9.97 Å². The van der Waals surface area contributed by atoms with Crippen molar-refractivity contribution in [1.82, 2.24) is 24.8 Å². The summed E-state index contributed by atoms with van der Waals surface area (Å²) in [4.78, 5) is 30.5. The average molecular weight is 430 g/mol. The molecule has 6 nitrogen and oxygen atoms in total. The molecule has 3 heterocycles. The van der Waals surface area contributed by atoms with Crippen molar-refractivity contribution in [3.8, 4) is 11.1 Å². The molecule has 0 spiro atoms. The average Bonchev–Trinajstić information content (AvgIpc) is 2.99. The third-order valence-electron chi connectivity index (χ3n) is 6.14. The van der Waals surface area contributed by atoms with Gasteiger partial charge in [0.2, 0.25) is 5.91 Å². The topological polar surface area (TPSA) is 62.2 Å². The SMILES string of the molecule is CCc1ncc(CN2CCN(CC)C(=O)C(Cc3ccc(-c4ccncc4)cc3)C2)cn1. The molecule has 1 aliphatic heterocycles. The fraction of sp³-hybridized carbons (Fsp3) is 0.385. The Morgan fingerprint density at radius 2 is 1.59 bits per heavy atom. The van der Waals surface area contributed by atoms with E-state index in [0.717, 1.165) is 68.1 Å². The summed E-state index contributed by atoms with van der Waals surface area (Å²) >= 11 is 0. The standard InChI is InChI=1S/C26H31N5O/c1-3-25-28-16-21(17-29-25)18-30-13-14-31(4-2)26(32)24(19-30)15-20-5-7-22(8-6-20)23-9-11-27-12-10-23/h5-12,16-17,24H,3-4,13-15,18-19H2,1-2H3. The zero-order chi connectivity index (χ0) is 22.3. The second-order valence-electron chi connectivity index (χ2n) is 8.35. The zero-order valence-corrected chi connectivity index (χ0v) is 18.9. The third kappa shape index (κ3) is 5.37. The van der Waals surface area contributed by atoms with Crippen molar-refractivity contribution < 1.29 is 4.79 Å². The molecule has 1 atom stereocenters. The van der Waals surface area contributed by atoms with Gasteiger partial charge in [-0.15, -0.1) is 0 Å². The Labute approximate surface area is 190 Å². The van der Waals surface area contributed by atoms with Crippen LogP contribution in [0.5, 0.6) is 0 Å². The van der Waals surface area contributed by atoms with Crippen molar-refractivity contribution >= 4 is 5.91 Å². The summed E-state index contributed by atoms with van der Waals surface area (Å²) < 4.78 is 0. The predicted octanol–water partition coefficient (Wildman–Crippen LogP) is 3.62. The number of amides is 1. The van der Waals surface area contributed by atoms with E-state index in [1.54, 1.807) is 0 Å². The predicted molar refractivity (Wildman–Crippen MR) is 126 cm³/mol. The van der Waals surface area contributed by atoms with E-state index in [0.29, 0.717) is 0 Å². The fourth-order valence-electron chi connectivity index (χ4n) is 4.29. The maximum atomic E-state index is 13.2. The quantitative estimate of drug-likeness (QED) is 0.574. The van der Waals surface area contributed by atoms with Crippen LogP contribution in [0.15, 0.2) is 61.2 Å². The second kappa shape index (κ2) is 10.5. The van der Waals surface area contributed by atoms with E-state index < -0.39 is 0 Å². The Bertz CT molecular complexity index is 1000. The molecule has 4 rings (SSSR count). The van der Waals surface area contributed by atoms with Crippen LogP contribution in [-0.4, -0.2) is 56.8 Å². The van der Waals surface area contributed by atoms with Crippen LogP contribution < -0.4 is 0 Å². The molecule has 166 valence electrons. The second-order valence-corrected chi connectivity index (χ2v) is 8.35. The minimum absolute atomic E-state index is 0.0555. The summed E-state index contributed by atoms with van der Waals surface area (Å²) in [6.45, 7) is 8.02. The van der Waals surface area contributed by atoms with E-state index >= 15 is 0 Å². The molecule has 1 unspecified atom stereocenters. The molecule has 2 aromatic heterocycles. The van der Waals surface area contributed by atoms with Crippen LogP contribution in [0, 0.1) is 5.92 Å². The number of pyridine rings is 1. The number of aryl methyl sites for hydroxylation is 1. The van der Waals surface area contributed by atoms with Crippen LogP contribution in [-0.2, 0) is 24.2 Å². The van der Waals surface area contributed by atoms with Gasteiger partial charge in [0, 0.05) is 69.5 Å². The minimum Gasteiger partial charge on any atom is -0.341 e. The largest absolute Gasteiger partial charge is 0.341 e. The fourth-order valence-corrected chi connectivity index (χ4v) is 4.29. The first kappa shape index (κ1) is 22.1. The molecule has 32 heavy (non-hydrogen) atoms. The molecule has 1 aliphatic rings. The van der Waals surface area contributed by atoms with E-state index in [4.69, 9.17) is 0 Å². The van der Waals surface area contributed by atoms with Gasteiger partial charge in [-0.2, -0.15) is 0 Å². The molecule has 1 aromatic carbocycles. The van der Waals surface area contributed by atoms with E-state index in [-0.39, 0.29) is 11.8 Å². The lowest BCUT2D eigenvalue weighted by Crippen LogP contribution is -2.37.